The first-order chi connectivity index (χ1) is 12.7. The molecule has 0 N–H and O–H groups in total. The van der Waals surface area contributed by atoms with Crippen molar-refractivity contribution in [1.82, 2.24) is 0 Å². The van der Waals surface area contributed by atoms with Crippen molar-refractivity contribution in [2.75, 3.05) is 0 Å². The molecule has 0 atom stereocenters. The van der Waals surface area contributed by atoms with Crippen LogP contribution in [0.2, 0.25) is 0 Å². The Kier molecular flexibility index (Phi) is 7.44. The lowest BCUT2D eigenvalue weighted by Crippen LogP contribution is -2.03. The number of hydrogen-bond acceptors (Lipinski definition) is 4. The largest absolute Gasteiger partial charge is 0.109 e. The van der Waals surface area contributed by atoms with E-state index in [4.69, 9.17) is 24.4 Å². The van der Waals surface area contributed by atoms with Crippen LogP contribution in [0.1, 0.15) is 22.3 Å². The van der Waals surface area contributed by atoms with E-state index < -0.39 is 0 Å². The topological polar surface area (TPSA) is 0 Å². The molecular weight excluding hydrogens is 393 g/mol. The molecule has 0 saturated carbocycles. The van der Waals surface area contributed by atoms with Crippen molar-refractivity contribution in [3.63, 3.8) is 0 Å². The van der Waals surface area contributed by atoms with Gasteiger partial charge < -0.3 is 0 Å². The van der Waals surface area contributed by atoms with Crippen LogP contribution in [-0.4, -0.2) is 8.39 Å². The van der Waals surface area contributed by atoms with Gasteiger partial charge >= 0.3 is 0 Å². The molecule has 0 aliphatic carbocycles. The number of benzene rings is 3. The highest BCUT2D eigenvalue weighted by molar-refractivity contribution is 8.24. The maximum absolute atomic E-state index is 5.70. The standard InChI is InChI=1S/C22H18S4/c23-21(25-15-17-9-3-1-4-10-17)19-13-7-8-14-20(19)22(24)26-16-18-11-5-2-6-12-18/h1-14H,15-16H2. The first kappa shape index (κ1) is 19.3. The van der Waals surface area contributed by atoms with Crippen molar-refractivity contribution in [2.45, 2.75) is 11.5 Å². The van der Waals surface area contributed by atoms with Crippen molar-refractivity contribution < 1.29 is 0 Å². The van der Waals surface area contributed by atoms with E-state index in [0.29, 0.717) is 0 Å². The molecule has 0 amide bonds. The van der Waals surface area contributed by atoms with E-state index in [1.54, 1.807) is 23.5 Å². The Bertz CT molecular complexity index is 798. The van der Waals surface area contributed by atoms with Crippen molar-refractivity contribution >= 4 is 56.4 Å². The molecule has 0 radical (unpaired) electrons. The van der Waals surface area contributed by atoms with Gasteiger partial charge in [-0.15, -0.1) is 23.5 Å². The molecule has 3 aromatic carbocycles. The molecule has 26 heavy (non-hydrogen) atoms. The molecule has 0 aliphatic rings. The van der Waals surface area contributed by atoms with Crippen LogP contribution in [-0.2, 0) is 11.5 Å². The van der Waals surface area contributed by atoms with Crippen molar-refractivity contribution in [2.24, 2.45) is 0 Å². The Morgan fingerprint density at radius 2 is 0.885 bits per heavy atom. The molecule has 0 heterocycles. The minimum Gasteiger partial charge on any atom is -0.109 e. The minimum absolute atomic E-state index is 0.873. The van der Waals surface area contributed by atoms with Crippen molar-refractivity contribution in [3.05, 3.63) is 107 Å². The van der Waals surface area contributed by atoms with Crippen LogP contribution in [0.15, 0.2) is 84.9 Å². The summed E-state index contributed by atoms with van der Waals surface area (Å²) in [6, 6.07) is 29.0. The molecule has 0 bridgehead atoms. The first-order valence-corrected chi connectivity index (χ1v) is 11.0. The molecule has 0 nitrogen and oxygen atoms in total. The van der Waals surface area contributed by atoms with Gasteiger partial charge in [0.1, 0.15) is 0 Å². The highest BCUT2D eigenvalue weighted by Crippen LogP contribution is 2.26. The third-order valence-corrected chi connectivity index (χ3v) is 6.86. The predicted molar refractivity (Wildman–Crippen MR) is 125 cm³/mol. The molecule has 3 aromatic rings. The van der Waals surface area contributed by atoms with Crippen LogP contribution in [0.25, 0.3) is 0 Å². The second-order valence-electron chi connectivity index (χ2n) is 5.67. The highest BCUT2D eigenvalue weighted by Gasteiger charge is 2.12. The number of thiocarbonyl (C=S) groups is 2. The Hall–Kier alpha value is -1.46. The predicted octanol–water partition coefficient (Wildman–Crippen LogP) is 6.90. The van der Waals surface area contributed by atoms with Crippen LogP contribution >= 0.6 is 48.0 Å². The zero-order valence-electron chi connectivity index (χ0n) is 14.1. The average molecular weight is 411 g/mol. The smallest absolute Gasteiger partial charge is 0.0788 e. The van der Waals surface area contributed by atoms with Gasteiger partial charge in [-0.1, -0.05) is 109 Å². The van der Waals surface area contributed by atoms with Gasteiger partial charge in [-0.05, 0) is 11.1 Å². The molecule has 3 rings (SSSR count). The SMILES string of the molecule is S=C(SCc1ccccc1)c1ccccc1C(=S)SCc1ccccc1. The summed E-state index contributed by atoms with van der Waals surface area (Å²) in [5.74, 6) is 1.75. The lowest BCUT2D eigenvalue weighted by molar-refractivity contribution is 1.42. The van der Waals surface area contributed by atoms with E-state index >= 15 is 0 Å². The van der Waals surface area contributed by atoms with Crippen LogP contribution < -0.4 is 0 Å². The zero-order chi connectivity index (χ0) is 18.2. The van der Waals surface area contributed by atoms with Gasteiger partial charge in [0, 0.05) is 22.6 Å². The fourth-order valence-electron chi connectivity index (χ4n) is 2.44. The number of hydrogen-bond donors (Lipinski definition) is 0. The van der Waals surface area contributed by atoms with Gasteiger partial charge in [0.2, 0.25) is 0 Å². The quantitative estimate of drug-likeness (QED) is 0.405. The van der Waals surface area contributed by atoms with Crippen LogP contribution in [0.3, 0.4) is 0 Å². The van der Waals surface area contributed by atoms with E-state index in [1.807, 2.05) is 24.3 Å². The summed E-state index contributed by atoms with van der Waals surface area (Å²) in [6.07, 6.45) is 0. The Labute approximate surface area is 174 Å². The first-order valence-electron chi connectivity index (χ1n) is 8.25. The highest BCUT2D eigenvalue weighted by atomic mass is 32.2. The zero-order valence-corrected chi connectivity index (χ0v) is 17.4. The summed E-state index contributed by atoms with van der Waals surface area (Å²) in [7, 11) is 0. The second kappa shape index (κ2) is 10.0. The lowest BCUT2D eigenvalue weighted by Gasteiger charge is -2.11. The molecule has 0 fully saturated rings. The maximum atomic E-state index is 5.70. The lowest BCUT2D eigenvalue weighted by atomic mass is 10.1. The molecule has 0 saturated heterocycles. The Morgan fingerprint density at radius 1 is 0.538 bits per heavy atom. The van der Waals surface area contributed by atoms with Gasteiger partial charge in [0.05, 0.1) is 8.39 Å². The van der Waals surface area contributed by atoms with Crippen LogP contribution in [0, 0.1) is 0 Å². The van der Waals surface area contributed by atoms with Gasteiger partial charge in [-0.3, -0.25) is 0 Å². The van der Waals surface area contributed by atoms with E-state index in [2.05, 4.69) is 60.7 Å². The third-order valence-electron chi connectivity index (χ3n) is 3.79. The normalized spacial score (nSPS) is 10.5. The van der Waals surface area contributed by atoms with Gasteiger partial charge in [0.25, 0.3) is 0 Å². The molecule has 0 aromatic heterocycles. The molecule has 4 heteroatoms. The van der Waals surface area contributed by atoms with E-state index in [9.17, 15) is 0 Å². The summed E-state index contributed by atoms with van der Waals surface area (Å²) < 4.78 is 1.79. The second-order valence-corrected chi connectivity index (χ2v) is 8.97. The fourth-order valence-corrected chi connectivity index (χ4v) is 4.80. The van der Waals surface area contributed by atoms with E-state index in [1.165, 1.54) is 11.1 Å². The summed E-state index contributed by atoms with van der Waals surface area (Å²) >= 11 is 14.8. The van der Waals surface area contributed by atoms with Gasteiger partial charge in [0.15, 0.2) is 0 Å². The Balaban J connectivity index is 1.66. The maximum Gasteiger partial charge on any atom is 0.0788 e. The van der Waals surface area contributed by atoms with E-state index in [0.717, 1.165) is 31.0 Å². The summed E-state index contributed by atoms with van der Waals surface area (Å²) in [5, 5.41) is 0. The molecule has 0 aliphatic heterocycles. The summed E-state index contributed by atoms with van der Waals surface area (Å²) in [4.78, 5) is 0. The van der Waals surface area contributed by atoms with Crippen LogP contribution in [0.4, 0.5) is 0 Å². The molecule has 0 unspecified atom stereocenters. The van der Waals surface area contributed by atoms with Crippen LogP contribution in [0.5, 0.6) is 0 Å². The van der Waals surface area contributed by atoms with Gasteiger partial charge in [-0.25, -0.2) is 0 Å². The average Bonchev–Trinajstić information content (AvgIpc) is 2.72. The Morgan fingerprint density at radius 3 is 1.27 bits per heavy atom. The van der Waals surface area contributed by atoms with E-state index in [-0.39, 0.29) is 0 Å². The number of rotatable bonds is 6. The van der Waals surface area contributed by atoms with Crippen molar-refractivity contribution in [3.8, 4) is 0 Å². The minimum atomic E-state index is 0.873. The molecule has 0 spiro atoms. The summed E-state index contributed by atoms with van der Waals surface area (Å²) in [5.41, 5.74) is 4.68. The van der Waals surface area contributed by atoms with Gasteiger partial charge in [-0.2, -0.15) is 0 Å². The third kappa shape index (κ3) is 5.52. The fraction of sp³-hybridized carbons (Fsp3) is 0.0909. The number of thioether (sulfide) groups is 2. The summed E-state index contributed by atoms with van der Waals surface area (Å²) in [6.45, 7) is 0. The monoisotopic (exact) mass is 410 g/mol. The molecular formula is C22H18S4. The van der Waals surface area contributed by atoms with Crippen molar-refractivity contribution in [1.29, 1.82) is 0 Å². The molecule has 130 valence electrons.